The van der Waals surface area contributed by atoms with Gasteiger partial charge in [0.2, 0.25) is 10.9 Å². The minimum atomic E-state index is -0.542. The summed E-state index contributed by atoms with van der Waals surface area (Å²) in [6.45, 7) is 4.02. The third-order valence-corrected chi connectivity index (χ3v) is 3.17. The van der Waals surface area contributed by atoms with Crippen LogP contribution in [0, 0.1) is 6.92 Å². The van der Waals surface area contributed by atoms with E-state index in [1.54, 1.807) is 6.92 Å². The zero-order valence-corrected chi connectivity index (χ0v) is 12.9. The highest BCUT2D eigenvalue weighted by Crippen LogP contribution is 2.20. The first kappa shape index (κ1) is 15.2. The Balaban J connectivity index is 2.34. The van der Waals surface area contributed by atoms with Crippen LogP contribution in [0.5, 0.6) is 0 Å². The van der Waals surface area contributed by atoms with Gasteiger partial charge in [0.1, 0.15) is 0 Å². The van der Waals surface area contributed by atoms with Gasteiger partial charge < -0.3 is 10.1 Å². The van der Waals surface area contributed by atoms with E-state index in [0.717, 1.165) is 11.3 Å². The lowest BCUT2D eigenvalue weighted by Gasteiger charge is -2.10. The average molecular weight is 304 g/mol. The molecule has 1 heterocycles. The summed E-state index contributed by atoms with van der Waals surface area (Å²) in [5.74, 6) is -0.198. The zero-order valence-electron chi connectivity index (χ0n) is 12.1. The van der Waals surface area contributed by atoms with E-state index in [9.17, 15) is 4.79 Å². The first-order chi connectivity index (χ1) is 10.1. The molecule has 21 heavy (non-hydrogen) atoms. The summed E-state index contributed by atoms with van der Waals surface area (Å²) in [7, 11) is 0. The first-order valence-corrected chi connectivity index (χ1v) is 7.66. The first-order valence-electron chi connectivity index (χ1n) is 6.43. The third-order valence-electron chi connectivity index (χ3n) is 2.63. The van der Waals surface area contributed by atoms with Crippen molar-refractivity contribution in [1.29, 1.82) is 0 Å². The van der Waals surface area contributed by atoms with Crippen molar-refractivity contribution < 1.29 is 9.53 Å². The number of esters is 1. The summed E-state index contributed by atoms with van der Waals surface area (Å²) in [6.07, 6.45) is 1.84. The summed E-state index contributed by atoms with van der Waals surface area (Å²) in [5.41, 5.74) is 2.05. The standard InChI is InChI=1S/C14H16N4O2S/c1-4-20-13(19)11-12(16-14(21-3)18-17-11)15-10-7-5-9(2)6-8-10/h5-8H,4H2,1-3H3,(H,15,16,18). The van der Waals surface area contributed by atoms with Crippen LogP contribution < -0.4 is 5.32 Å². The summed E-state index contributed by atoms with van der Waals surface area (Å²) < 4.78 is 4.97. The Morgan fingerprint density at radius 3 is 2.62 bits per heavy atom. The molecule has 2 rings (SSSR count). The molecular formula is C14H16N4O2S. The van der Waals surface area contributed by atoms with Gasteiger partial charge in [-0.05, 0) is 32.2 Å². The normalized spacial score (nSPS) is 10.2. The van der Waals surface area contributed by atoms with Crippen LogP contribution in [-0.2, 0) is 4.74 Å². The lowest BCUT2D eigenvalue weighted by atomic mass is 10.2. The molecule has 0 saturated heterocycles. The molecule has 0 saturated carbocycles. The van der Waals surface area contributed by atoms with Gasteiger partial charge in [-0.15, -0.1) is 10.2 Å². The van der Waals surface area contributed by atoms with Crippen LogP contribution in [0.4, 0.5) is 11.5 Å². The number of benzene rings is 1. The molecule has 0 atom stereocenters. The molecule has 7 heteroatoms. The van der Waals surface area contributed by atoms with Gasteiger partial charge in [-0.1, -0.05) is 29.5 Å². The van der Waals surface area contributed by atoms with Gasteiger partial charge in [-0.25, -0.2) is 9.78 Å². The number of nitrogens with one attached hydrogen (secondary N) is 1. The second-order valence-corrected chi connectivity index (χ2v) is 4.98. The molecule has 0 fully saturated rings. The number of thioether (sulfide) groups is 1. The molecule has 0 spiro atoms. The highest BCUT2D eigenvalue weighted by atomic mass is 32.2. The number of anilines is 2. The van der Waals surface area contributed by atoms with Crippen molar-refractivity contribution in [2.75, 3.05) is 18.2 Å². The Bertz CT molecular complexity index is 631. The highest BCUT2D eigenvalue weighted by molar-refractivity contribution is 7.98. The van der Waals surface area contributed by atoms with E-state index in [-0.39, 0.29) is 12.3 Å². The van der Waals surface area contributed by atoms with Gasteiger partial charge in [0.05, 0.1) is 6.61 Å². The number of rotatable bonds is 5. The number of ether oxygens (including phenoxy) is 1. The van der Waals surface area contributed by atoms with Crippen molar-refractivity contribution in [3.8, 4) is 0 Å². The minimum Gasteiger partial charge on any atom is -0.461 e. The Hall–Kier alpha value is -2.15. The maximum atomic E-state index is 11.9. The fraction of sp³-hybridized carbons (Fsp3) is 0.286. The maximum absolute atomic E-state index is 11.9. The largest absolute Gasteiger partial charge is 0.461 e. The predicted octanol–water partition coefficient (Wildman–Crippen LogP) is 2.82. The smallest absolute Gasteiger partial charge is 0.362 e. The predicted molar refractivity (Wildman–Crippen MR) is 82.0 cm³/mol. The van der Waals surface area contributed by atoms with Gasteiger partial charge >= 0.3 is 5.97 Å². The van der Waals surface area contributed by atoms with Crippen LogP contribution >= 0.6 is 11.8 Å². The van der Waals surface area contributed by atoms with E-state index in [1.807, 2.05) is 37.4 Å². The van der Waals surface area contributed by atoms with Crippen molar-refractivity contribution >= 4 is 29.2 Å². The van der Waals surface area contributed by atoms with Crippen LogP contribution in [0.3, 0.4) is 0 Å². The molecule has 1 aromatic carbocycles. The summed E-state index contributed by atoms with van der Waals surface area (Å²) >= 11 is 1.35. The van der Waals surface area contributed by atoms with E-state index in [2.05, 4.69) is 20.5 Å². The monoisotopic (exact) mass is 304 g/mol. The van der Waals surface area contributed by atoms with E-state index < -0.39 is 5.97 Å². The molecule has 0 aliphatic rings. The zero-order chi connectivity index (χ0) is 15.2. The summed E-state index contributed by atoms with van der Waals surface area (Å²) in [6, 6.07) is 7.75. The maximum Gasteiger partial charge on any atom is 0.362 e. The Morgan fingerprint density at radius 2 is 2.00 bits per heavy atom. The Morgan fingerprint density at radius 1 is 1.29 bits per heavy atom. The van der Waals surface area contributed by atoms with Crippen molar-refractivity contribution in [3.63, 3.8) is 0 Å². The van der Waals surface area contributed by atoms with Crippen molar-refractivity contribution in [1.82, 2.24) is 15.2 Å². The summed E-state index contributed by atoms with van der Waals surface area (Å²) in [4.78, 5) is 16.2. The molecule has 0 radical (unpaired) electrons. The van der Waals surface area contributed by atoms with E-state index >= 15 is 0 Å². The summed E-state index contributed by atoms with van der Waals surface area (Å²) in [5, 5.41) is 11.4. The molecule has 110 valence electrons. The fourth-order valence-corrected chi connectivity index (χ4v) is 1.90. The Labute approximate surface area is 127 Å². The Kier molecular flexibility index (Phi) is 5.10. The number of aryl methyl sites for hydroxylation is 1. The van der Waals surface area contributed by atoms with Crippen molar-refractivity contribution in [2.24, 2.45) is 0 Å². The van der Waals surface area contributed by atoms with Crippen molar-refractivity contribution in [2.45, 2.75) is 19.0 Å². The van der Waals surface area contributed by atoms with E-state index in [1.165, 1.54) is 11.8 Å². The van der Waals surface area contributed by atoms with Gasteiger partial charge in [0.15, 0.2) is 5.82 Å². The molecule has 2 aromatic rings. The molecule has 0 unspecified atom stereocenters. The van der Waals surface area contributed by atoms with Crippen molar-refractivity contribution in [3.05, 3.63) is 35.5 Å². The molecular weight excluding hydrogens is 288 g/mol. The number of carbonyl (C=O) groups excluding carboxylic acids is 1. The van der Waals surface area contributed by atoms with Crippen LogP contribution in [0.25, 0.3) is 0 Å². The molecule has 1 N–H and O–H groups in total. The highest BCUT2D eigenvalue weighted by Gasteiger charge is 2.18. The molecule has 0 amide bonds. The number of carbonyl (C=O) groups is 1. The second kappa shape index (κ2) is 7.03. The van der Waals surface area contributed by atoms with E-state index in [4.69, 9.17) is 4.74 Å². The number of hydrogen-bond donors (Lipinski definition) is 1. The van der Waals surface area contributed by atoms with Crippen LogP contribution in [0.2, 0.25) is 0 Å². The van der Waals surface area contributed by atoms with Crippen LogP contribution in [0.15, 0.2) is 29.4 Å². The third kappa shape index (κ3) is 3.91. The molecule has 0 bridgehead atoms. The molecule has 0 aliphatic heterocycles. The van der Waals surface area contributed by atoms with E-state index in [0.29, 0.717) is 11.0 Å². The minimum absolute atomic E-state index is 0.0789. The molecule has 1 aromatic heterocycles. The molecule has 6 nitrogen and oxygen atoms in total. The SMILES string of the molecule is CCOC(=O)c1nnc(SC)nc1Nc1ccc(C)cc1. The number of hydrogen-bond acceptors (Lipinski definition) is 7. The van der Waals surface area contributed by atoms with Gasteiger partial charge in [0, 0.05) is 5.69 Å². The number of nitrogens with zero attached hydrogens (tertiary/aromatic N) is 3. The quantitative estimate of drug-likeness (QED) is 0.672. The second-order valence-electron chi connectivity index (χ2n) is 4.21. The van der Waals surface area contributed by atoms with Crippen LogP contribution in [0.1, 0.15) is 23.0 Å². The van der Waals surface area contributed by atoms with Gasteiger partial charge in [-0.3, -0.25) is 0 Å². The van der Waals surface area contributed by atoms with Gasteiger partial charge in [-0.2, -0.15) is 0 Å². The molecule has 0 aliphatic carbocycles. The average Bonchev–Trinajstić information content (AvgIpc) is 2.49. The van der Waals surface area contributed by atoms with Crippen LogP contribution in [-0.4, -0.2) is 34.0 Å². The lowest BCUT2D eigenvalue weighted by Crippen LogP contribution is -2.13. The number of aromatic nitrogens is 3. The topological polar surface area (TPSA) is 77.0 Å². The fourth-order valence-electron chi connectivity index (χ4n) is 1.60. The van der Waals surface area contributed by atoms with Gasteiger partial charge in [0.25, 0.3) is 0 Å². The lowest BCUT2D eigenvalue weighted by molar-refractivity contribution is 0.0518.